The first kappa shape index (κ1) is 23.2. The summed E-state index contributed by atoms with van der Waals surface area (Å²) in [6.07, 6.45) is 4.25. The fourth-order valence-corrected chi connectivity index (χ4v) is 6.99. The van der Waals surface area contributed by atoms with E-state index in [1.165, 1.54) is 41.3 Å². The average Bonchev–Trinajstić information content (AvgIpc) is 3.72. The van der Waals surface area contributed by atoms with Crippen LogP contribution in [-0.2, 0) is 21.1 Å². The van der Waals surface area contributed by atoms with Gasteiger partial charge in [0.15, 0.2) is 0 Å². The van der Waals surface area contributed by atoms with E-state index in [9.17, 15) is 0 Å². The molecule has 38 heavy (non-hydrogen) atoms. The highest BCUT2D eigenvalue weighted by Crippen LogP contribution is 2.36. The van der Waals surface area contributed by atoms with Crippen LogP contribution in [0.5, 0.6) is 0 Å². The van der Waals surface area contributed by atoms with E-state index in [2.05, 4.69) is 122 Å². The fraction of sp³-hybridized carbons (Fsp3) is 0.161. The number of thiophene rings is 2. The Hall–Kier alpha value is -3.94. The third-order valence-electron chi connectivity index (χ3n) is 7.26. The minimum absolute atomic E-state index is 0.973. The van der Waals surface area contributed by atoms with Gasteiger partial charge in [-0.1, -0.05) is 0 Å². The maximum Gasteiger partial charge on any atom is 0.140 e. The lowest BCUT2D eigenvalue weighted by molar-refractivity contribution is 0.925. The Balaban J connectivity index is 1.35. The molecule has 0 fully saturated rings. The summed E-state index contributed by atoms with van der Waals surface area (Å²) in [5, 5.41) is 2.45. The first-order chi connectivity index (χ1) is 18.4. The molecule has 0 spiro atoms. The first-order valence-electron chi connectivity index (χ1n) is 12.6. The number of benzene rings is 2. The average molecular weight is 534 g/mol. The maximum absolute atomic E-state index is 5.02. The van der Waals surface area contributed by atoms with Crippen molar-refractivity contribution in [3.05, 3.63) is 82.8 Å². The number of imidazole rings is 2. The molecule has 0 atom stereocenters. The predicted octanol–water partition coefficient (Wildman–Crippen LogP) is 8.21. The van der Waals surface area contributed by atoms with Crippen molar-refractivity contribution in [3.8, 4) is 43.9 Å². The predicted molar refractivity (Wildman–Crippen MR) is 161 cm³/mol. The Kier molecular flexibility index (Phi) is 5.22. The van der Waals surface area contributed by atoms with E-state index in [-0.39, 0.29) is 0 Å². The normalized spacial score (nSPS) is 11.8. The van der Waals surface area contributed by atoms with E-state index < -0.39 is 0 Å². The van der Waals surface area contributed by atoms with Gasteiger partial charge in [0.05, 0.1) is 21.1 Å². The van der Waals surface area contributed by atoms with Crippen molar-refractivity contribution >= 4 is 44.5 Å². The topological polar surface area (TPSA) is 40.6 Å². The molecule has 0 aliphatic carbocycles. The third-order valence-corrected chi connectivity index (χ3v) is 9.31. The van der Waals surface area contributed by atoms with Crippen molar-refractivity contribution in [2.45, 2.75) is 13.8 Å². The molecule has 0 unspecified atom stereocenters. The molecule has 0 aliphatic rings. The van der Waals surface area contributed by atoms with Crippen molar-refractivity contribution in [2.24, 2.45) is 21.1 Å². The highest BCUT2D eigenvalue weighted by atomic mass is 32.1. The standard InChI is InChI=1S/C31H27N5S2/c1-18-6-12-28(37-18)24-16-34(3)30(32-24)20-8-10-26-22(14-20)23-15-21(9-11-27(23)36(26)5)31-33-25(17-35(31)4)29-13-7-19(2)38-29/h6-17H,1-5H3. The van der Waals surface area contributed by atoms with Crippen molar-refractivity contribution in [2.75, 3.05) is 0 Å². The molecule has 0 bridgehead atoms. The number of hydrogen-bond acceptors (Lipinski definition) is 4. The van der Waals surface area contributed by atoms with Gasteiger partial charge in [-0.15, -0.1) is 22.7 Å². The van der Waals surface area contributed by atoms with Crippen LogP contribution in [0, 0.1) is 13.8 Å². The van der Waals surface area contributed by atoms with Crippen LogP contribution in [0.3, 0.4) is 0 Å². The van der Waals surface area contributed by atoms with Gasteiger partial charge in [0, 0.05) is 76.2 Å². The van der Waals surface area contributed by atoms with Gasteiger partial charge in [-0.3, -0.25) is 0 Å². The number of aryl methyl sites for hydroxylation is 5. The van der Waals surface area contributed by atoms with E-state index in [0.717, 1.165) is 34.2 Å². The van der Waals surface area contributed by atoms with Crippen LogP contribution in [0.2, 0.25) is 0 Å². The first-order valence-corrected chi connectivity index (χ1v) is 14.2. The number of fused-ring (bicyclic) bond motifs is 3. The minimum atomic E-state index is 0.973. The Morgan fingerprint density at radius 3 is 1.42 bits per heavy atom. The summed E-state index contributed by atoms with van der Waals surface area (Å²) >= 11 is 3.56. The van der Waals surface area contributed by atoms with E-state index >= 15 is 0 Å². The van der Waals surface area contributed by atoms with Crippen LogP contribution < -0.4 is 0 Å². The molecule has 0 N–H and O–H groups in total. The maximum atomic E-state index is 5.02. The quantitative estimate of drug-likeness (QED) is 0.229. The van der Waals surface area contributed by atoms with Gasteiger partial charge < -0.3 is 13.7 Å². The van der Waals surface area contributed by atoms with Crippen LogP contribution in [-0.4, -0.2) is 23.7 Å². The van der Waals surface area contributed by atoms with Gasteiger partial charge in [-0.25, -0.2) is 9.97 Å². The number of aromatic nitrogens is 5. The lowest BCUT2D eigenvalue weighted by Gasteiger charge is -2.03. The van der Waals surface area contributed by atoms with Gasteiger partial charge in [0.25, 0.3) is 0 Å². The summed E-state index contributed by atoms with van der Waals surface area (Å²) in [5.41, 5.74) is 6.69. The summed E-state index contributed by atoms with van der Waals surface area (Å²) < 4.78 is 6.53. The van der Waals surface area contributed by atoms with Crippen LogP contribution in [0.15, 0.2) is 73.1 Å². The fourth-order valence-electron chi connectivity index (χ4n) is 5.35. The van der Waals surface area contributed by atoms with Crippen LogP contribution >= 0.6 is 22.7 Å². The second-order valence-corrected chi connectivity index (χ2v) is 12.5. The van der Waals surface area contributed by atoms with Crippen LogP contribution in [0.4, 0.5) is 0 Å². The van der Waals surface area contributed by atoms with Gasteiger partial charge in [0.2, 0.25) is 0 Å². The zero-order chi connectivity index (χ0) is 26.1. The molecule has 0 aliphatic heterocycles. The molecule has 5 nitrogen and oxygen atoms in total. The van der Waals surface area contributed by atoms with Gasteiger partial charge in [0.1, 0.15) is 11.6 Å². The Morgan fingerprint density at radius 1 is 0.579 bits per heavy atom. The molecule has 188 valence electrons. The van der Waals surface area contributed by atoms with Gasteiger partial charge in [-0.2, -0.15) is 0 Å². The van der Waals surface area contributed by atoms with Crippen LogP contribution in [0.25, 0.3) is 65.7 Å². The highest BCUT2D eigenvalue weighted by molar-refractivity contribution is 7.15. The zero-order valence-electron chi connectivity index (χ0n) is 22.0. The van der Waals surface area contributed by atoms with Crippen molar-refractivity contribution in [1.29, 1.82) is 0 Å². The Morgan fingerprint density at radius 2 is 1.03 bits per heavy atom. The molecule has 5 aromatic heterocycles. The summed E-state index contributed by atoms with van der Waals surface area (Å²) in [6, 6.07) is 22.0. The van der Waals surface area contributed by atoms with Gasteiger partial charge in [-0.05, 0) is 74.5 Å². The summed E-state index contributed by atoms with van der Waals surface area (Å²) in [4.78, 5) is 15.0. The molecular formula is C31H27N5S2. The highest BCUT2D eigenvalue weighted by Gasteiger charge is 2.16. The molecule has 0 amide bonds. The molecule has 2 aromatic carbocycles. The number of nitrogens with zero attached hydrogens (tertiary/aromatic N) is 5. The van der Waals surface area contributed by atoms with E-state index in [1.807, 2.05) is 0 Å². The lowest BCUT2D eigenvalue weighted by atomic mass is 10.1. The van der Waals surface area contributed by atoms with E-state index in [4.69, 9.17) is 9.97 Å². The molecule has 7 aromatic rings. The molecule has 7 rings (SSSR count). The molecule has 7 heteroatoms. The van der Waals surface area contributed by atoms with Crippen molar-refractivity contribution in [1.82, 2.24) is 23.7 Å². The lowest BCUT2D eigenvalue weighted by Crippen LogP contribution is -1.91. The zero-order valence-corrected chi connectivity index (χ0v) is 23.6. The monoisotopic (exact) mass is 533 g/mol. The number of rotatable bonds is 4. The summed E-state index contributed by atoms with van der Waals surface area (Å²) in [5.74, 6) is 1.95. The molecule has 0 radical (unpaired) electrons. The molecule has 0 saturated carbocycles. The second-order valence-electron chi connectivity index (χ2n) is 9.96. The number of hydrogen-bond donors (Lipinski definition) is 0. The minimum Gasteiger partial charge on any atom is -0.344 e. The third kappa shape index (κ3) is 3.65. The smallest absolute Gasteiger partial charge is 0.140 e. The van der Waals surface area contributed by atoms with Crippen molar-refractivity contribution < 1.29 is 0 Å². The van der Waals surface area contributed by atoms with Gasteiger partial charge >= 0.3 is 0 Å². The van der Waals surface area contributed by atoms with E-state index in [1.54, 1.807) is 22.7 Å². The SMILES string of the molecule is Cc1ccc(-c2cn(C)c(-c3ccc4c(c3)c3cc(-c5nc(-c6ccc(C)s6)cn5C)ccc3n4C)n2)s1. The Bertz CT molecular complexity index is 1850. The van der Waals surface area contributed by atoms with E-state index in [0.29, 0.717) is 0 Å². The summed E-state index contributed by atoms with van der Waals surface area (Å²) in [6.45, 7) is 4.27. The van der Waals surface area contributed by atoms with Crippen molar-refractivity contribution in [3.63, 3.8) is 0 Å². The largest absolute Gasteiger partial charge is 0.344 e. The summed E-state index contributed by atoms with van der Waals surface area (Å²) in [7, 11) is 6.29. The Labute approximate surface area is 229 Å². The second kappa shape index (κ2) is 8.55. The molecule has 5 heterocycles. The van der Waals surface area contributed by atoms with Crippen LogP contribution in [0.1, 0.15) is 9.75 Å². The molecular weight excluding hydrogens is 507 g/mol. The molecule has 0 saturated heterocycles.